The van der Waals surface area contributed by atoms with E-state index in [1.165, 1.54) is 6.42 Å². The first-order chi connectivity index (χ1) is 5.20. The van der Waals surface area contributed by atoms with Crippen LogP contribution in [0.4, 0.5) is 0 Å². The van der Waals surface area contributed by atoms with Gasteiger partial charge in [-0.25, -0.2) is 0 Å². The minimum Gasteiger partial charge on any atom is -0.295 e. The van der Waals surface area contributed by atoms with Gasteiger partial charge in [-0.15, -0.1) is 0 Å². The van der Waals surface area contributed by atoms with Gasteiger partial charge in [-0.05, 0) is 25.3 Å². The van der Waals surface area contributed by atoms with Crippen LogP contribution in [0.2, 0.25) is 0 Å². The van der Waals surface area contributed by atoms with Crippen LogP contribution >= 0.6 is 0 Å². The standard InChI is InChI=1S/C10H18O/c1-4-6-10(11)8-7-9(3)5-2/h4,6,9H,5,7-8H2,1-3H3/b6-4+. The van der Waals surface area contributed by atoms with Crippen LogP contribution in [-0.2, 0) is 4.79 Å². The second-order valence-electron chi connectivity index (χ2n) is 3.02. The highest BCUT2D eigenvalue weighted by molar-refractivity contribution is 5.89. The lowest BCUT2D eigenvalue weighted by Gasteiger charge is -2.04. The summed E-state index contributed by atoms with van der Waals surface area (Å²) in [6.45, 7) is 6.22. The lowest BCUT2D eigenvalue weighted by Crippen LogP contribution is -1.98. The molecule has 1 nitrogen and oxygen atoms in total. The third-order valence-electron chi connectivity index (χ3n) is 1.93. The highest BCUT2D eigenvalue weighted by Crippen LogP contribution is 2.09. The topological polar surface area (TPSA) is 17.1 Å². The van der Waals surface area contributed by atoms with Gasteiger partial charge in [-0.1, -0.05) is 26.3 Å². The number of allylic oxidation sites excluding steroid dienone is 2. The summed E-state index contributed by atoms with van der Waals surface area (Å²) in [5.74, 6) is 0.942. The second kappa shape index (κ2) is 6.14. The summed E-state index contributed by atoms with van der Waals surface area (Å²) in [5.41, 5.74) is 0. The molecule has 0 saturated heterocycles. The Morgan fingerprint density at radius 3 is 2.64 bits per heavy atom. The molecule has 0 bridgehead atoms. The van der Waals surface area contributed by atoms with Crippen LogP contribution < -0.4 is 0 Å². The SMILES string of the molecule is C/C=C/C(=O)CCC(C)CC. The summed E-state index contributed by atoms with van der Waals surface area (Å²) in [6, 6.07) is 0. The molecule has 0 heterocycles. The maximum atomic E-state index is 11.0. The summed E-state index contributed by atoms with van der Waals surface area (Å²) in [4.78, 5) is 11.0. The van der Waals surface area contributed by atoms with Crippen LogP contribution in [0.3, 0.4) is 0 Å². The van der Waals surface area contributed by atoms with Crippen molar-refractivity contribution in [3.05, 3.63) is 12.2 Å². The molecule has 0 saturated carbocycles. The van der Waals surface area contributed by atoms with E-state index in [0.717, 1.165) is 6.42 Å². The lowest BCUT2D eigenvalue weighted by atomic mass is 10.0. The van der Waals surface area contributed by atoms with Crippen molar-refractivity contribution >= 4 is 5.78 Å². The first-order valence-corrected chi connectivity index (χ1v) is 4.36. The van der Waals surface area contributed by atoms with E-state index in [9.17, 15) is 4.79 Å². The fraction of sp³-hybridized carbons (Fsp3) is 0.700. The van der Waals surface area contributed by atoms with Gasteiger partial charge in [-0.2, -0.15) is 0 Å². The molecule has 1 heteroatoms. The highest BCUT2D eigenvalue weighted by Gasteiger charge is 2.01. The monoisotopic (exact) mass is 154 g/mol. The van der Waals surface area contributed by atoms with E-state index >= 15 is 0 Å². The number of rotatable bonds is 5. The summed E-state index contributed by atoms with van der Waals surface area (Å²) in [7, 11) is 0. The van der Waals surface area contributed by atoms with Gasteiger partial charge in [0.15, 0.2) is 5.78 Å². The molecule has 11 heavy (non-hydrogen) atoms. The van der Waals surface area contributed by atoms with Gasteiger partial charge in [0.1, 0.15) is 0 Å². The zero-order valence-electron chi connectivity index (χ0n) is 7.76. The summed E-state index contributed by atoms with van der Waals surface area (Å²) >= 11 is 0. The summed E-state index contributed by atoms with van der Waals surface area (Å²) < 4.78 is 0. The van der Waals surface area contributed by atoms with Crippen molar-refractivity contribution < 1.29 is 4.79 Å². The molecule has 0 aliphatic rings. The number of hydrogen-bond acceptors (Lipinski definition) is 1. The van der Waals surface area contributed by atoms with Crippen molar-refractivity contribution in [3.8, 4) is 0 Å². The molecule has 64 valence electrons. The fourth-order valence-electron chi connectivity index (χ4n) is 0.862. The third-order valence-corrected chi connectivity index (χ3v) is 1.93. The Bertz CT molecular complexity index is 136. The van der Waals surface area contributed by atoms with Gasteiger partial charge < -0.3 is 0 Å². The van der Waals surface area contributed by atoms with E-state index in [0.29, 0.717) is 12.3 Å². The van der Waals surface area contributed by atoms with Crippen molar-refractivity contribution in [3.63, 3.8) is 0 Å². The fourth-order valence-corrected chi connectivity index (χ4v) is 0.862. The van der Waals surface area contributed by atoms with E-state index in [1.54, 1.807) is 12.2 Å². The zero-order valence-corrected chi connectivity index (χ0v) is 7.76. The Morgan fingerprint density at radius 1 is 1.55 bits per heavy atom. The normalized spacial score (nSPS) is 13.7. The van der Waals surface area contributed by atoms with Gasteiger partial charge in [-0.3, -0.25) is 4.79 Å². The molecule has 0 spiro atoms. The molecule has 0 rings (SSSR count). The third kappa shape index (κ3) is 5.84. The van der Waals surface area contributed by atoms with Crippen molar-refractivity contribution in [1.29, 1.82) is 0 Å². The smallest absolute Gasteiger partial charge is 0.155 e. The van der Waals surface area contributed by atoms with Crippen molar-refractivity contribution in [2.45, 2.75) is 40.0 Å². The molecule has 0 amide bonds. The molecule has 0 N–H and O–H groups in total. The molecule has 0 aromatic carbocycles. The molecular weight excluding hydrogens is 136 g/mol. The largest absolute Gasteiger partial charge is 0.295 e. The maximum absolute atomic E-state index is 11.0. The van der Waals surface area contributed by atoms with Crippen LogP contribution in [0.25, 0.3) is 0 Å². The number of hydrogen-bond donors (Lipinski definition) is 0. The predicted molar refractivity (Wildman–Crippen MR) is 48.5 cm³/mol. The number of ketones is 1. The van der Waals surface area contributed by atoms with Gasteiger partial charge in [0.25, 0.3) is 0 Å². The Morgan fingerprint density at radius 2 is 2.18 bits per heavy atom. The average molecular weight is 154 g/mol. The molecular formula is C10H18O. The zero-order chi connectivity index (χ0) is 8.69. The minimum atomic E-state index is 0.257. The Labute approximate surface area is 69.5 Å². The molecule has 0 fully saturated rings. The van der Waals surface area contributed by atoms with Crippen LogP contribution in [0, 0.1) is 5.92 Å². The van der Waals surface area contributed by atoms with Gasteiger partial charge in [0, 0.05) is 6.42 Å². The van der Waals surface area contributed by atoms with E-state index in [-0.39, 0.29) is 5.78 Å². The quantitative estimate of drug-likeness (QED) is 0.556. The Balaban J connectivity index is 3.45. The summed E-state index contributed by atoms with van der Waals surface area (Å²) in [5, 5.41) is 0. The number of carbonyl (C=O) groups excluding carboxylic acids is 1. The van der Waals surface area contributed by atoms with Crippen molar-refractivity contribution in [1.82, 2.24) is 0 Å². The molecule has 0 radical (unpaired) electrons. The van der Waals surface area contributed by atoms with E-state index in [4.69, 9.17) is 0 Å². The molecule has 1 atom stereocenters. The average Bonchev–Trinajstić information content (AvgIpc) is 2.01. The second-order valence-corrected chi connectivity index (χ2v) is 3.02. The molecule has 0 aromatic rings. The van der Waals surface area contributed by atoms with Crippen LogP contribution in [0.15, 0.2) is 12.2 Å². The van der Waals surface area contributed by atoms with E-state index in [1.807, 2.05) is 6.92 Å². The predicted octanol–water partition coefficient (Wildman–Crippen LogP) is 2.96. The van der Waals surface area contributed by atoms with Crippen LogP contribution in [0.5, 0.6) is 0 Å². The Hall–Kier alpha value is -0.590. The van der Waals surface area contributed by atoms with Crippen molar-refractivity contribution in [2.75, 3.05) is 0 Å². The Kier molecular flexibility index (Phi) is 5.81. The minimum absolute atomic E-state index is 0.257. The first-order valence-electron chi connectivity index (χ1n) is 4.36. The van der Waals surface area contributed by atoms with Crippen LogP contribution in [0.1, 0.15) is 40.0 Å². The van der Waals surface area contributed by atoms with E-state index < -0.39 is 0 Å². The lowest BCUT2D eigenvalue weighted by molar-refractivity contribution is -0.114. The summed E-state index contributed by atoms with van der Waals surface area (Å²) in [6.07, 6.45) is 6.36. The first kappa shape index (κ1) is 10.4. The van der Waals surface area contributed by atoms with Gasteiger partial charge in [0.05, 0.1) is 0 Å². The van der Waals surface area contributed by atoms with Crippen LogP contribution in [-0.4, -0.2) is 5.78 Å². The maximum Gasteiger partial charge on any atom is 0.155 e. The molecule has 0 aliphatic carbocycles. The van der Waals surface area contributed by atoms with Gasteiger partial charge >= 0.3 is 0 Å². The molecule has 0 aliphatic heterocycles. The number of carbonyl (C=O) groups is 1. The highest BCUT2D eigenvalue weighted by atomic mass is 16.1. The van der Waals surface area contributed by atoms with E-state index in [2.05, 4.69) is 13.8 Å². The molecule has 1 unspecified atom stereocenters. The van der Waals surface area contributed by atoms with Gasteiger partial charge in [0.2, 0.25) is 0 Å². The molecule has 0 aromatic heterocycles. The van der Waals surface area contributed by atoms with Crippen molar-refractivity contribution in [2.24, 2.45) is 5.92 Å².